The van der Waals surface area contributed by atoms with Crippen molar-refractivity contribution in [3.05, 3.63) is 41.7 Å². The zero-order valence-electron chi connectivity index (χ0n) is 11.1. The molecule has 1 aromatic carbocycles. The number of aromatic nitrogens is 3. The topological polar surface area (TPSA) is 52.0 Å². The van der Waals surface area contributed by atoms with Crippen LogP contribution < -0.4 is 10.1 Å². The minimum atomic E-state index is -0.269. The molecule has 0 unspecified atom stereocenters. The number of nitrogens with zero attached hydrogens (tertiary/aromatic N) is 3. The van der Waals surface area contributed by atoms with E-state index in [-0.39, 0.29) is 5.82 Å². The van der Waals surface area contributed by atoms with Gasteiger partial charge in [-0.1, -0.05) is 0 Å². The van der Waals surface area contributed by atoms with Gasteiger partial charge in [-0.2, -0.15) is 5.10 Å². The lowest BCUT2D eigenvalue weighted by Gasteiger charge is -2.11. The Hall–Kier alpha value is -1.95. The minimum Gasteiger partial charge on any atom is -0.485 e. The lowest BCUT2D eigenvalue weighted by Crippen LogP contribution is -2.10. The third-order valence-electron chi connectivity index (χ3n) is 2.74. The van der Waals surface area contributed by atoms with Crippen molar-refractivity contribution < 1.29 is 9.13 Å². The van der Waals surface area contributed by atoms with Gasteiger partial charge in [0.2, 0.25) is 0 Å². The molecular formula is C13H17FN4O. The van der Waals surface area contributed by atoms with Gasteiger partial charge in [0.05, 0.1) is 0 Å². The number of benzene rings is 1. The van der Waals surface area contributed by atoms with E-state index in [0.29, 0.717) is 18.9 Å². The van der Waals surface area contributed by atoms with Gasteiger partial charge in [-0.05, 0) is 32.2 Å². The highest BCUT2D eigenvalue weighted by Crippen LogP contribution is 2.20. The first-order valence-electron chi connectivity index (χ1n) is 6.17. The summed E-state index contributed by atoms with van der Waals surface area (Å²) in [5, 5.41) is 7.06. The first-order chi connectivity index (χ1) is 9.24. The van der Waals surface area contributed by atoms with Crippen LogP contribution in [0.25, 0.3) is 0 Å². The highest BCUT2D eigenvalue weighted by Gasteiger charge is 2.08. The summed E-state index contributed by atoms with van der Waals surface area (Å²) in [7, 11) is 1.81. The van der Waals surface area contributed by atoms with Crippen LogP contribution in [-0.4, -0.2) is 21.8 Å². The van der Waals surface area contributed by atoms with Gasteiger partial charge in [-0.25, -0.2) is 14.1 Å². The van der Waals surface area contributed by atoms with Crippen LogP contribution in [0.4, 0.5) is 4.39 Å². The lowest BCUT2D eigenvalue weighted by molar-refractivity contribution is 0.283. The molecule has 0 aliphatic carbocycles. The summed E-state index contributed by atoms with van der Waals surface area (Å²) in [5.41, 5.74) is 0.782. The molecule has 5 nitrogen and oxygen atoms in total. The van der Waals surface area contributed by atoms with Crippen LogP contribution in [0.2, 0.25) is 0 Å². The maximum absolute atomic E-state index is 13.2. The highest BCUT2D eigenvalue weighted by molar-refractivity contribution is 5.33. The zero-order valence-corrected chi connectivity index (χ0v) is 11.1. The van der Waals surface area contributed by atoms with Gasteiger partial charge < -0.3 is 10.1 Å². The molecule has 0 atom stereocenters. The average molecular weight is 264 g/mol. The molecular weight excluding hydrogens is 247 g/mol. The van der Waals surface area contributed by atoms with Gasteiger partial charge in [-0.15, -0.1) is 0 Å². The van der Waals surface area contributed by atoms with Gasteiger partial charge in [0.15, 0.2) is 5.82 Å². The highest BCUT2D eigenvalue weighted by atomic mass is 19.1. The third kappa shape index (κ3) is 3.29. The molecule has 0 radical (unpaired) electrons. The maximum atomic E-state index is 13.2. The molecule has 0 saturated heterocycles. The molecule has 0 saturated carbocycles. The van der Waals surface area contributed by atoms with Crippen LogP contribution in [0.1, 0.15) is 18.3 Å². The van der Waals surface area contributed by atoms with Crippen LogP contribution in [0.5, 0.6) is 5.75 Å². The molecule has 0 fully saturated rings. The fourth-order valence-corrected chi connectivity index (χ4v) is 1.82. The second-order valence-corrected chi connectivity index (χ2v) is 4.06. The molecule has 19 heavy (non-hydrogen) atoms. The van der Waals surface area contributed by atoms with Crippen molar-refractivity contribution in [2.45, 2.75) is 26.6 Å². The first-order valence-corrected chi connectivity index (χ1v) is 6.17. The largest absolute Gasteiger partial charge is 0.485 e. The van der Waals surface area contributed by atoms with E-state index in [4.69, 9.17) is 4.74 Å². The molecule has 1 N–H and O–H groups in total. The summed E-state index contributed by atoms with van der Waals surface area (Å²) in [6, 6.07) is 4.49. The standard InChI is InChI=1S/C13H17FN4O/c1-3-18-13(16-9-17-18)8-19-12-5-4-11(14)6-10(12)7-15-2/h4-6,9,15H,3,7-8H2,1-2H3. The molecule has 1 heterocycles. The molecule has 6 heteroatoms. The fraction of sp³-hybridized carbons (Fsp3) is 0.385. The normalized spacial score (nSPS) is 10.7. The van der Waals surface area contributed by atoms with Crippen molar-refractivity contribution in [3.8, 4) is 5.75 Å². The lowest BCUT2D eigenvalue weighted by atomic mass is 10.2. The summed E-state index contributed by atoms with van der Waals surface area (Å²) in [5.74, 6) is 1.14. The Bertz CT molecular complexity index is 541. The monoisotopic (exact) mass is 264 g/mol. The first kappa shape index (κ1) is 13.5. The molecule has 0 aliphatic heterocycles. The molecule has 102 valence electrons. The van der Waals surface area contributed by atoms with Crippen molar-refractivity contribution >= 4 is 0 Å². The summed E-state index contributed by atoms with van der Waals surface area (Å²) in [6.07, 6.45) is 1.50. The maximum Gasteiger partial charge on any atom is 0.164 e. The zero-order chi connectivity index (χ0) is 13.7. The molecule has 1 aromatic heterocycles. The van der Waals surface area contributed by atoms with Crippen LogP contribution in [-0.2, 0) is 19.7 Å². The predicted molar refractivity (Wildman–Crippen MR) is 69.2 cm³/mol. The summed E-state index contributed by atoms with van der Waals surface area (Å²) in [6.45, 7) is 3.59. The molecule has 0 amide bonds. The molecule has 2 aromatic rings. The van der Waals surface area contributed by atoms with Gasteiger partial charge in [0.25, 0.3) is 0 Å². The number of aryl methyl sites for hydroxylation is 1. The quantitative estimate of drug-likeness (QED) is 0.863. The van der Waals surface area contributed by atoms with Crippen LogP contribution in [0.15, 0.2) is 24.5 Å². The Kier molecular flexibility index (Phi) is 4.46. The van der Waals surface area contributed by atoms with Crippen molar-refractivity contribution in [2.24, 2.45) is 0 Å². The van der Waals surface area contributed by atoms with E-state index < -0.39 is 0 Å². The van der Waals surface area contributed by atoms with Crippen molar-refractivity contribution in [2.75, 3.05) is 7.05 Å². The van der Waals surface area contributed by atoms with Crippen LogP contribution in [0.3, 0.4) is 0 Å². The number of rotatable bonds is 6. The second kappa shape index (κ2) is 6.29. The molecule has 0 aliphatic rings. The Morgan fingerprint density at radius 3 is 3.00 bits per heavy atom. The van der Waals surface area contributed by atoms with E-state index in [1.54, 1.807) is 10.7 Å². The van der Waals surface area contributed by atoms with E-state index in [2.05, 4.69) is 15.4 Å². The number of hydrogen-bond donors (Lipinski definition) is 1. The number of halogens is 1. The van der Waals surface area contributed by atoms with Gasteiger partial charge in [0, 0.05) is 18.7 Å². The molecule has 0 bridgehead atoms. The minimum absolute atomic E-state index is 0.269. The smallest absolute Gasteiger partial charge is 0.164 e. The van der Waals surface area contributed by atoms with Crippen LogP contribution in [0, 0.1) is 5.82 Å². The van der Waals surface area contributed by atoms with Crippen molar-refractivity contribution in [1.29, 1.82) is 0 Å². The summed E-state index contributed by atoms with van der Waals surface area (Å²) >= 11 is 0. The Morgan fingerprint density at radius 2 is 2.26 bits per heavy atom. The van der Waals surface area contributed by atoms with Gasteiger partial charge >= 0.3 is 0 Å². The average Bonchev–Trinajstić information content (AvgIpc) is 2.85. The van der Waals surface area contributed by atoms with E-state index in [9.17, 15) is 4.39 Å². The Labute approximate surface area is 111 Å². The second-order valence-electron chi connectivity index (χ2n) is 4.06. The number of ether oxygens (including phenoxy) is 1. The summed E-state index contributed by atoms with van der Waals surface area (Å²) in [4.78, 5) is 4.13. The van der Waals surface area contributed by atoms with Gasteiger partial charge in [-0.3, -0.25) is 0 Å². The number of nitrogens with one attached hydrogen (secondary N) is 1. The SMILES string of the molecule is CCn1ncnc1COc1ccc(F)cc1CNC. The van der Waals surface area contributed by atoms with E-state index in [1.807, 2.05) is 14.0 Å². The Morgan fingerprint density at radius 1 is 1.42 bits per heavy atom. The Balaban J connectivity index is 2.10. The molecule has 2 rings (SSSR count). The van der Waals surface area contributed by atoms with Crippen LogP contribution >= 0.6 is 0 Å². The third-order valence-corrected chi connectivity index (χ3v) is 2.74. The number of hydrogen-bond acceptors (Lipinski definition) is 4. The predicted octanol–water partition coefficient (Wildman–Crippen LogP) is 1.74. The van der Waals surface area contributed by atoms with E-state index in [1.165, 1.54) is 18.5 Å². The summed E-state index contributed by atoms with van der Waals surface area (Å²) < 4.78 is 20.7. The molecule has 0 spiro atoms. The van der Waals surface area contributed by atoms with Crippen molar-refractivity contribution in [1.82, 2.24) is 20.1 Å². The van der Waals surface area contributed by atoms with Crippen molar-refractivity contribution in [3.63, 3.8) is 0 Å². The van der Waals surface area contributed by atoms with E-state index >= 15 is 0 Å². The fourth-order valence-electron chi connectivity index (χ4n) is 1.82. The van der Waals surface area contributed by atoms with E-state index in [0.717, 1.165) is 17.9 Å². The van der Waals surface area contributed by atoms with Gasteiger partial charge in [0.1, 0.15) is 24.5 Å².